The molecular weight excluding hydrogens is 310 g/mol. The number of thiazole rings is 1. The second kappa shape index (κ2) is 6.02. The van der Waals surface area contributed by atoms with Gasteiger partial charge in [0.1, 0.15) is 0 Å². The minimum absolute atomic E-state index is 0.332. The van der Waals surface area contributed by atoms with Crippen molar-refractivity contribution < 1.29 is 9.47 Å². The lowest BCUT2D eigenvalue weighted by Crippen LogP contribution is -2.47. The molecule has 23 heavy (non-hydrogen) atoms. The summed E-state index contributed by atoms with van der Waals surface area (Å²) in [4.78, 5) is 9.51. The number of piperazine rings is 1. The van der Waals surface area contributed by atoms with E-state index in [4.69, 9.17) is 9.47 Å². The van der Waals surface area contributed by atoms with Crippen molar-refractivity contribution in [1.82, 2.24) is 9.88 Å². The quantitative estimate of drug-likeness (QED) is 0.864. The Bertz CT molecular complexity index is 695. The van der Waals surface area contributed by atoms with E-state index in [1.807, 2.05) is 6.07 Å². The van der Waals surface area contributed by atoms with Crippen LogP contribution in [-0.4, -0.2) is 42.9 Å². The summed E-state index contributed by atoms with van der Waals surface area (Å²) >= 11 is 1.74. The van der Waals surface area contributed by atoms with Gasteiger partial charge in [0.2, 0.25) is 6.79 Å². The lowest BCUT2D eigenvalue weighted by atomic mass is 10.1. The molecule has 2 aromatic rings. The van der Waals surface area contributed by atoms with E-state index >= 15 is 0 Å². The zero-order valence-electron chi connectivity index (χ0n) is 13.5. The summed E-state index contributed by atoms with van der Waals surface area (Å²) < 4.78 is 10.9. The lowest BCUT2D eigenvalue weighted by molar-refractivity contribution is 0.173. The normalized spacial score (nSPS) is 19.1. The van der Waals surface area contributed by atoms with E-state index in [0.717, 1.165) is 48.5 Å². The first-order valence-corrected chi connectivity index (χ1v) is 8.89. The molecule has 1 saturated heterocycles. The Morgan fingerprint density at radius 1 is 1.13 bits per heavy atom. The number of benzene rings is 1. The Morgan fingerprint density at radius 2 is 1.91 bits per heavy atom. The van der Waals surface area contributed by atoms with Gasteiger partial charge >= 0.3 is 0 Å². The maximum Gasteiger partial charge on any atom is 0.231 e. The molecule has 0 radical (unpaired) electrons. The fraction of sp³-hybridized carbons (Fsp3) is 0.471. The fourth-order valence-corrected chi connectivity index (χ4v) is 4.03. The Hall–Kier alpha value is -1.79. The maximum atomic E-state index is 5.50. The van der Waals surface area contributed by atoms with Crippen LogP contribution in [-0.2, 0) is 0 Å². The summed E-state index contributed by atoms with van der Waals surface area (Å²) in [7, 11) is 0. The highest BCUT2D eigenvalue weighted by atomic mass is 32.1. The van der Waals surface area contributed by atoms with Crippen LogP contribution in [0.4, 0.5) is 5.13 Å². The Morgan fingerprint density at radius 3 is 2.65 bits per heavy atom. The van der Waals surface area contributed by atoms with Crippen LogP contribution in [0, 0.1) is 6.92 Å². The molecule has 0 aliphatic carbocycles. The van der Waals surface area contributed by atoms with Crippen molar-refractivity contribution in [2.45, 2.75) is 19.9 Å². The molecule has 0 saturated carbocycles. The summed E-state index contributed by atoms with van der Waals surface area (Å²) in [5.41, 5.74) is 2.40. The van der Waals surface area contributed by atoms with E-state index in [2.05, 4.69) is 46.1 Å². The van der Waals surface area contributed by atoms with Gasteiger partial charge in [-0.2, -0.15) is 0 Å². The summed E-state index contributed by atoms with van der Waals surface area (Å²) in [6, 6.07) is 6.66. The van der Waals surface area contributed by atoms with Gasteiger partial charge in [0.05, 0.1) is 5.69 Å². The van der Waals surface area contributed by atoms with E-state index in [1.165, 1.54) is 5.56 Å². The third-order valence-corrected chi connectivity index (χ3v) is 5.64. The molecule has 0 N–H and O–H groups in total. The molecule has 1 atom stereocenters. The standard InChI is InChI=1S/C17H21N3O2S/c1-12-10-23-17(18-12)20-7-5-19(6-8-20)13(2)14-3-4-15-16(9-14)22-11-21-15/h3-4,9-10,13H,5-8,11H2,1-2H3. The zero-order chi connectivity index (χ0) is 15.8. The largest absolute Gasteiger partial charge is 0.454 e. The minimum atomic E-state index is 0.332. The van der Waals surface area contributed by atoms with Gasteiger partial charge in [-0.1, -0.05) is 6.07 Å². The van der Waals surface area contributed by atoms with Crippen LogP contribution in [0.15, 0.2) is 23.6 Å². The SMILES string of the molecule is Cc1csc(N2CCN(C(C)c3ccc4c(c3)OCO4)CC2)n1. The number of ether oxygens (including phenoxy) is 2. The predicted octanol–water partition coefficient (Wildman–Crippen LogP) is 3.06. The number of hydrogen-bond acceptors (Lipinski definition) is 6. The summed E-state index contributed by atoms with van der Waals surface area (Å²) in [6.45, 7) is 8.81. The molecule has 1 aromatic heterocycles. The number of anilines is 1. The number of hydrogen-bond donors (Lipinski definition) is 0. The molecule has 0 amide bonds. The first-order chi connectivity index (χ1) is 11.2. The predicted molar refractivity (Wildman–Crippen MR) is 91.6 cm³/mol. The highest BCUT2D eigenvalue weighted by Crippen LogP contribution is 2.35. The van der Waals surface area contributed by atoms with Crippen LogP contribution in [0.2, 0.25) is 0 Å². The van der Waals surface area contributed by atoms with Crippen molar-refractivity contribution in [3.05, 3.63) is 34.8 Å². The monoisotopic (exact) mass is 331 g/mol. The number of aromatic nitrogens is 1. The third-order valence-electron chi connectivity index (χ3n) is 4.62. The third kappa shape index (κ3) is 2.88. The minimum Gasteiger partial charge on any atom is -0.454 e. The van der Waals surface area contributed by atoms with Crippen molar-refractivity contribution in [3.8, 4) is 11.5 Å². The molecule has 2 aliphatic heterocycles. The molecule has 2 aliphatic rings. The van der Waals surface area contributed by atoms with Crippen LogP contribution < -0.4 is 14.4 Å². The molecule has 0 spiro atoms. The Kier molecular flexibility index (Phi) is 3.87. The summed E-state index contributed by atoms with van der Waals surface area (Å²) in [5.74, 6) is 1.72. The number of nitrogens with zero attached hydrogens (tertiary/aromatic N) is 3. The average molecular weight is 331 g/mol. The molecule has 1 unspecified atom stereocenters. The molecular formula is C17H21N3O2S. The first-order valence-electron chi connectivity index (χ1n) is 8.01. The van der Waals surface area contributed by atoms with E-state index in [0.29, 0.717) is 12.8 Å². The van der Waals surface area contributed by atoms with Crippen LogP contribution in [0.3, 0.4) is 0 Å². The van der Waals surface area contributed by atoms with Crippen LogP contribution in [0.5, 0.6) is 11.5 Å². The molecule has 4 rings (SSSR count). The van der Waals surface area contributed by atoms with Gasteiger partial charge < -0.3 is 14.4 Å². The lowest BCUT2D eigenvalue weighted by Gasteiger charge is -2.38. The second-order valence-electron chi connectivity index (χ2n) is 6.08. The Balaban J connectivity index is 1.41. The van der Waals surface area contributed by atoms with E-state index in [9.17, 15) is 0 Å². The van der Waals surface area contributed by atoms with Gasteiger partial charge in [-0.05, 0) is 31.5 Å². The zero-order valence-corrected chi connectivity index (χ0v) is 14.3. The van der Waals surface area contributed by atoms with Crippen molar-refractivity contribution in [1.29, 1.82) is 0 Å². The van der Waals surface area contributed by atoms with Gasteiger partial charge in [-0.3, -0.25) is 4.90 Å². The van der Waals surface area contributed by atoms with Crippen molar-refractivity contribution >= 4 is 16.5 Å². The maximum absolute atomic E-state index is 5.50. The van der Waals surface area contributed by atoms with Gasteiger partial charge in [0.15, 0.2) is 16.6 Å². The molecule has 5 nitrogen and oxygen atoms in total. The van der Waals surface area contributed by atoms with E-state index < -0.39 is 0 Å². The number of aryl methyl sites for hydroxylation is 1. The van der Waals surface area contributed by atoms with Crippen LogP contribution in [0.25, 0.3) is 0 Å². The number of rotatable bonds is 3. The second-order valence-corrected chi connectivity index (χ2v) is 6.92. The summed E-state index contributed by atoms with van der Waals surface area (Å²) in [6.07, 6.45) is 0. The van der Waals surface area contributed by atoms with Crippen molar-refractivity contribution in [3.63, 3.8) is 0 Å². The molecule has 3 heterocycles. The van der Waals surface area contributed by atoms with Gasteiger partial charge in [0.25, 0.3) is 0 Å². The van der Waals surface area contributed by atoms with Crippen molar-refractivity contribution in [2.75, 3.05) is 37.9 Å². The van der Waals surface area contributed by atoms with E-state index in [1.54, 1.807) is 11.3 Å². The van der Waals surface area contributed by atoms with E-state index in [-0.39, 0.29) is 0 Å². The number of fused-ring (bicyclic) bond motifs is 1. The molecule has 1 fully saturated rings. The first kappa shape index (κ1) is 14.8. The Labute approximate surface area is 140 Å². The van der Waals surface area contributed by atoms with Gasteiger partial charge in [-0.25, -0.2) is 4.98 Å². The van der Waals surface area contributed by atoms with Gasteiger partial charge in [0, 0.05) is 37.6 Å². The van der Waals surface area contributed by atoms with Crippen LogP contribution >= 0.6 is 11.3 Å². The molecule has 1 aromatic carbocycles. The summed E-state index contributed by atoms with van der Waals surface area (Å²) in [5, 5.41) is 3.27. The smallest absolute Gasteiger partial charge is 0.231 e. The fourth-order valence-electron chi connectivity index (χ4n) is 3.17. The van der Waals surface area contributed by atoms with Crippen molar-refractivity contribution in [2.24, 2.45) is 0 Å². The van der Waals surface area contributed by atoms with Crippen LogP contribution in [0.1, 0.15) is 24.2 Å². The highest BCUT2D eigenvalue weighted by molar-refractivity contribution is 7.13. The average Bonchev–Trinajstić information content (AvgIpc) is 3.22. The molecule has 6 heteroatoms. The van der Waals surface area contributed by atoms with Gasteiger partial charge in [-0.15, -0.1) is 11.3 Å². The molecule has 122 valence electrons. The highest BCUT2D eigenvalue weighted by Gasteiger charge is 2.24. The topological polar surface area (TPSA) is 37.8 Å². The molecule has 0 bridgehead atoms.